The number of pyridine rings is 1. The maximum atomic E-state index is 5.50. The number of thioether (sulfide) groups is 2. The summed E-state index contributed by atoms with van der Waals surface area (Å²) in [6.45, 7) is 14.7. The van der Waals surface area contributed by atoms with Crippen LogP contribution < -0.4 is 14.2 Å². The van der Waals surface area contributed by atoms with Crippen LogP contribution in [0, 0.1) is 19.3 Å². The van der Waals surface area contributed by atoms with Gasteiger partial charge in [-0.1, -0.05) is 56.4 Å². The third kappa shape index (κ3) is 5.73. The van der Waals surface area contributed by atoms with E-state index in [1.54, 1.807) is 7.11 Å². The molecule has 2 heterocycles. The molecular formula is C35H43N2OS2+. The first kappa shape index (κ1) is 28.9. The number of aryl methyl sites for hydroxylation is 2. The molecule has 1 atom stereocenters. The number of benzene rings is 2. The molecule has 0 spiro atoms. The molecule has 5 heteroatoms. The summed E-state index contributed by atoms with van der Waals surface area (Å²) < 4.78 is 7.98. The van der Waals surface area contributed by atoms with Crippen LogP contribution in [0.3, 0.4) is 0 Å². The van der Waals surface area contributed by atoms with Gasteiger partial charge in [0.05, 0.1) is 23.2 Å². The van der Waals surface area contributed by atoms with Crippen LogP contribution in [0.4, 0.5) is 5.69 Å². The number of hydrogen-bond acceptors (Lipinski definition) is 4. The minimum absolute atomic E-state index is 0.200. The van der Waals surface area contributed by atoms with Crippen LogP contribution in [0.5, 0.6) is 5.75 Å². The standard InChI is InChI=1S/C35H43N2OS2/c1-9-32(39-8)37-14-13-27(29-16-23(3)15-24(4)34(29)37)18-25-17-26(22-35(5,6)21-25)19-33-36(10-2)30-12-11-28(38-7)20-31(30)40-33/h11-20,32H,9-10,21-22H2,1-8H3/q+1. The lowest BCUT2D eigenvalue weighted by molar-refractivity contribution is -0.674. The van der Waals surface area contributed by atoms with Gasteiger partial charge in [-0.15, -0.1) is 0 Å². The fraction of sp³-hybridized carbons (Fsp3) is 0.400. The highest BCUT2D eigenvalue weighted by molar-refractivity contribution is 8.03. The topological polar surface area (TPSA) is 16.4 Å². The Morgan fingerprint density at radius 3 is 2.60 bits per heavy atom. The third-order valence-corrected chi connectivity index (χ3v) is 10.2. The largest absolute Gasteiger partial charge is 0.497 e. The summed E-state index contributed by atoms with van der Waals surface area (Å²) in [6.07, 6.45) is 15.1. The SMILES string of the molecule is CCC(SC)[n+]1ccc(C=C2C=C(C=C3Sc4cc(OC)ccc4N3CC)CC(C)(C)C2)c2cc(C)cc(C)c21. The van der Waals surface area contributed by atoms with Crippen molar-refractivity contribution >= 4 is 46.2 Å². The zero-order valence-electron chi connectivity index (χ0n) is 25.3. The van der Waals surface area contributed by atoms with Crippen molar-refractivity contribution in [3.63, 3.8) is 0 Å². The number of nitrogens with zero attached hydrogens (tertiary/aromatic N) is 2. The number of aromatic nitrogens is 1. The van der Waals surface area contributed by atoms with Crippen molar-refractivity contribution in [1.29, 1.82) is 0 Å². The lowest BCUT2D eigenvalue weighted by Gasteiger charge is -2.31. The van der Waals surface area contributed by atoms with Gasteiger partial charge >= 0.3 is 0 Å². The van der Waals surface area contributed by atoms with Crippen LogP contribution in [-0.4, -0.2) is 19.9 Å². The molecule has 210 valence electrons. The summed E-state index contributed by atoms with van der Waals surface area (Å²) in [5, 5.41) is 3.09. The summed E-state index contributed by atoms with van der Waals surface area (Å²) in [4.78, 5) is 3.69. The van der Waals surface area contributed by atoms with E-state index in [0.29, 0.717) is 5.37 Å². The Labute approximate surface area is 249 Å². The van der Waals surface area contributed by atoms with Gasteiger partial charge in [-0.25, -0.2) is 0 Å². The Balaban J connectivity index is 1.58. The number of rotatable bonds is 7. The highest BCUT2D eigenvalue weighted by Crippen LogP contribution is 2.49. The lowest BCUT2D eigenvalue weighted by Crippen LogP contribution is -2.38. The van der Waals surface area contributed by atoms with E-state index >= 15 is 0 Å². The Morgan fingerprint density at radius 1 is 1.10 bits per heavy atom. The Kier molecular flexibility index (Phi) is 8.45. The molecule has 1 unspecified atom stereocenters. The number of fused-ring (bicyclic) bond motifs is 2. The van der Waals surface area contributed by atoms with Crippen LogP contribution in [0.2, 0.25) is 0 Å². The number of methoxy groups -OCH3 is 1. The van der Waals surface area contributed by atoms with E-state index in [9.17, 15) is 0 Å². The number of hydrogen-bond donors (Lipinski definition) is 0. The molecule has 0 amide bonds. The first-order chi connectivity index (χ1) is 19.2. The molecule has 0 saturated carbocycles. The Hall–Kier alpha value is -2.63. The van der Waals surface area contributed by atoms with E-state index in [-0.39, 0.29) is 5.41 Å². The van der Waals surface area contributed by atoms with Crippen LogP contribution in [0.1, 0.15) is 69.0 Å². The van der Waals surface area contributed by atoms with Crippen molar-refractivity contribution in [2.45, 2.75) is 71.1 Å². The molecular weight excluding hydrogens is 529 g/mol. The normalized spacial score (nSPS) is 19.3. The van der Waals surface area contributed by atoms with Crippen molar-refractivity contribution in [3.05, 3.63) is 87.6 Å². The average Bonchev–Trinajstić information content (AvgIpc) is 3.25. The molecule has 3 aromatic rings. The van der Waals surface area contributed by atoms with E-state index in [4.69, 9.17) is 4.74 Å². The second-order valence-electron chi connectivity index (χ2n) is 11.9. The minimum atomic E-state index is 0.200. The minimum Gasteiger partial charge on any atom is -0.497 e. The molecule has 0 N–H and O–H groups in total. The molecule has 1 aromatic heterocycles. The molecule has 40 heavy (non-hydrogen) atoms. The number of allylic oxidation sites excluding steroid dienone is 4. The molecule has 3 nitrogen and oxygen atoms in total. The van der Waals surface area contributed by atoms with Gasteiger partial charge in [0.25, 0.3) is 0 Å². The Morgan fingerprint density at radius 2 is 1.90 bits per heavy atom. The van der Waals surface area contributed by atoms with Gasteiger partial charge in [-0.3, -0.25) is 0 Å². The van der Waals surface area contributed by atoms with Crippen molar-refractivity contribution in [1.82, 2.24) is 0 Å². The summed E-state index contributed by atoms with van der Waals surface area (Å²) in [5.41, 5.74) is 9.62. The second-order valence-corrected chi connectivity index (χ2v) is 14.0. The Bertz CT molecular complexity index is 1530. The van der Waals surface area contributed by atoms with E-state index in [2.05, 4.69) is 118 Å². The zero-order valence-corrected chi connectivity index (χ0v) is 26.9. The van der Waals surface area contributed by atoms with Crippen molar-refractivity contribution in [2.24, 2.45) is 5.41 Å². The van der Waals surface area contributed by atoms with Crippen LogP contribution in [0.25, 0.3) is 17.0 Å². The van der Waals surface area contributed by atoms with Gasteiger partial charge in [0.15, 0.2) is 6.20 Å². The smallest absolute Gasteiger partial charge is 0.216 e. The van der Waals surface area contributed by atoms with Crippen molar-refractivity contribution in [2.75, 3.05) is 24.8 Å². The molecule has 5 rings (SSSR count). The van der Waals surface area contributed by atoms with Crippen LogP contribution >= 0.6 is 23.5 Å². The maximum Gasteiger partial charge on any atom is 0.216 e. The van der Waals surface area contributed by atoms with E-state index in [1.807, 2.05) is 23.5 Å². The van der Waals surface area contributed by atoms with Crippen LogP contribution in [0.15, 0.2) is 75.8 Å². The van der Waals surface area contributed by atoms with E-state index < -0.39 is 0 Å². The van der Waals surface area contributed by atoms with E-state index in [0.717, 1.165) is 31.6 Å². The van der Waals surface area contributed by atoms with Gasteiger partial charge in [-0.05, 0) is 104 Å². The first-order valence-corrected chi connectivity index (χ1v) is 16.5. The zero-order chi connectivity index (χ0) is 28.6. The highest BCUT2D eigenvalue weighted by atomic mass is 32.2. The third-order valence-electron chi connectivity index (χ3n) is 8.00. The molecule has 2 aromatic carbocycles. The molecule has 0 saturated heterocycles. The van der Waals surface area contributed by atoms with Gasteiger partial charge in [0, 0.05) is 29.5 Å². The quantitative estimate of drug-likeness (QED) is 0.262. The number of ether oxygens (including phenoxy) is 1. The van der Waals surface area contributed by atoms with Crippen molar-refractivity contribution in [3.8, 4) is 5.75 Å². The molecule has 2 aliphatic rings. The van der Waals surface area contributed by atoms with Crippen molar-refractivity contribution < 1.29 is 9.30 Å². The summed E-state index contributed by atoms with van der Waals surface area (Å²) in [5.74, 6) is 0.913. The first-order valence-electron chi connectivity index (χ1n) is 14.4. The summed E-state index contributed by atoms with van der Waals surface area (Å²) in [6, 6.07) is 13.4. The molecule has 1 aliphatic carbocycles. The molecule has 1 aliphatic heterocycles. The average molecular weight is 572 g/mol. The van der Waals surface area contributed by atoms with Gasteiger partial charge in [-0.2, -0.15) is 4.57 Å². The van der Waals surface area contributed by atoms with E-state index in [1.165, 1.54) is 54.4 Å². The highest BCUT2D eigenvalue weighted by Gasteiger charge is 2.29. The molecule has 0 fully saturated rings. The van der Waals surface area contributed by atoms with Gasteiger partial charge in [0.1, 0.15) is 5.75 Å². The second kappa shape index (κ2) is 11.7. The van der Waals surface area contributed by atoms with Gasteiger partial charge < -0.3 is 9.64 Å². The summed E-state index contributed by atoms with van der Waals surface area (Å²) >= 11 is 3.78. The molecule has 0 bridgehead atoms. The predicted octanol–water partition coefficient (Wildman–Crippen LogP) is 9.63. The lowest BCUT2D eigenvalue weighted by atomic mass is 9.75. The monoisotopic (exact) mass is 571 g/mol. The summed E-state index contributed by atoms with van der Waals surface area (Å²) in [7, 11) is 1.74. The predicted molar refractivity (Wildman–Crippen MR) is 175 cm³/mol. The number of anilines is 1. The fourth-order valence-corrected chi connectivity index (χ4v) is 8.36. The fourth-order valence-electron chi connectivity index (χ4n) is 6.39. The van der Waals surface area contributed by atoms with Gasteiger partial charge in [0.2, 0.25) is 10.9 Å². The molecule has 0 radical (unpaired) electrons. The van der Waals surface area contributed by atoms with Crippen LogP contribution in [-0.2, 0) is 0 Å². The maximum absolute atomic E-state index is 5.50.